The number of rotatable bonds is 4. The van der Waals surface area contributed by atoms with Crippen molar-refractivity contribution in [1.29, 1.82) is 0 Å². The fraction of sp³-hybridized carbons (Fsp3) is 0.857. The molecule has 1 unspecified atom stereocenters. The first-order chi connectivity index (χ1) is 10.3. The number of ether oxygens (including phenoxy) is 2. The summed E-state index contributed by atoms with van der Waals surface area (Å²) in [5, 5.41) is 2.44. The summed E-state index contributed by atoms with van der Waals surface area (Å²) < 4.78 is 36.9. The molecule has 0 heterocycles. The molecule has 134 valence electrons. The van der Waals surface area contributed by atoms with Crippen molar-refractivity contribution in [2.45, 2.75) is 77.2 Å². The molecule has 1 saturated carbocycles. The van der Waals surface area contributed by atoms with E-state index in [-0.39, 0.29) is 6.42 Å². The highest BCUT2D eigenvalue weighted by Gasteiger charge is 2.58. The van der Waals surface area contributed by atoms with Crippen LogP contribution in [0.3, 0.4) is 0 Å². The first kappa shape index (κ1) is 19.7. The molecule has 1 rings (SSSR count). The Bertz CT molecular complexity index is 536. The summed E-state index contributed by atoms with van der Waals surface area (Å²) in [4.78, 5) is 24.5. The average molecular weight is 351 g/mol. The highest BCUT2D eigenvalue weighted by atomic mass is 32.2. The lowest BCUT2D eigenvalue weighted by Crippen LogP contribution is -2.70. The zero-order chi connectivity index (χ0) is 18.1. The van der Waals surface area contributed by atoms with Gasteiger partial charge in [-0.3, -0.25) is 4.18 Å². The summed E-state index contributed by atoms with van der Waals surface area (Å²) in [6, 6.07) is 0. The van der Waals surface area contributed by atoms with Gasteiger partial charge < -0.3 is 14.8 Å². The van der Waals surface area contributed by atoms with Crippen LogP contribution in [0.5, 0.6) is 0 Å². The number of nitrogens with one attached hydrogen (secondary N) is 1. The third kappa shape index (κ3) is 5.65. The fourth-order valence-electron chi connectivity index (χ4n) is 2.08. The van der Waals surface area contributed by atoms with Gasteiger partial charge in [0.05, 0.1) is 0 Å². The molecular formula is C14H25NO7S. The Kier molecular flexibility index (Phi) is 5.69. The van der Waals surface area contributed by atoms with Gasteiger partial charge in [-0.1, -0.05) is 0 Å². The van der Waals surface area contributed by atoms with Crippen LogP contribution in [0.2, 0.25) is 0 Å². The number of thiol groups is 1. The zero-order valence-electron chi connectivity index (χ0n) is 14.3. The van der Waals surface area contributed by atoms with Crippen molar-refractivity contribution in [1.82, 2.24) is 5.32 Å². The van der Waals surface area contributed by atoms with Crippen LogP contribution in [0.15, 0.2) is 0 Å². The van der Waals surface area contributed by atoms with E-state index in [0.717, 1.165) is 0 Å². The van der Waals surface area contributed by atoms with Crippen molar-refractivity contribution < 1.29 is 31.7 Å². The van der Waals surface area contributed by atoms with E-state index < -0.39 is 45.9 Å². The van der Waals surface area contributed by atoms with Crippen molar-refractivity contribution in [3.05, 3.63) is 0 Å². The van der Waals surface area contributed by atoms with Crippen molar-refractivity contribution in [2.24, 2.45) is 0 Å². The molecule has 0 spiro atoms. The van der Waals surface area contributed by atoms with Crippen LogP contribution in [0.1, 0.15) is 54.4 Å². The monoisotopic (exact) mass is 351 g/mol. The molecule has 0 aromatic heterocycles. The Hall–Kier alpha value is -1.35. The second kappa shape index (κ2) is 6.64. The molecule has 1 fully saturated rings. The normalized spacial score (nSPS) is 24.7. The smallest absolute Gasteiger partial charge is 0.408 e. The van der Waals surface area contributed by atoms with Crippen molar-refractivity contribution in [3.8, 4) is 0 Å². The second-order valence-corrected chi connectivity index (χ2v) is 8.11. The molecule has 0 aromatic rings. The van der Waals surface area contributed by atoms with E-state index in [2.05, 4.69) is 5.32 Å². The van der Waals surface area contributed by atoms with Gasteiger partial charge in [-0.15, -0.1) is 0 Å². The summed E-state index contributed by atoms with van der Waals surface area (Å²) in [6.07, 6.45) is -1.34. The zero-order valence-corrected chi connectivity index (χ0v) is 15.2. The molecule has 9 heteroatoms. The van der Waals surface area contributed by atoms with Gasteiger partial charge in [-0.25, -0.2) is 18.0 Å². The van der Waals surface area contributed by atoms with Crippen LogP contribution in [-0.4, -0.2) is 43.3 Å². The number of amides is 1. The Morgan fingerprint density at radius 2 is 1.57 bits per heavy atom. The molecule has 0 bridgehead atoms. The quantitative estimate of drug-likeness (QED) is 0.580. The third-order valence-corrected chi connectivity index (χ3v) is 3.48. The van der Waals surface area contributed by atoms with Crippen molar-refractivity contribution in [2.75, 3.05) is 0 Å². The number of carbonyl (C=O) groups is 2. The van der Waals surface area contributed by atoms with Gasteiger partial charge in [-0.2, -0.15) is 0 Å². The number of esters is 1. The number of hydrogen-bond donors (Lipinski definition) is 2. The summed E-state index contributed by atoms with van der Waals surface area (Å²) >= 11 is 0. The minimum Gasteiger partial charge on any atom is -0.458 e. The molecule has 0 aromatic carbocycles. The molecule has 1 aliphatic rings. The van der Waals surface area contributed by atoms with E-state index in [9.17, 15) is 18.0 Å². The minimum atomic E-state index is -3.16. The van der Waals surface area contributed by atoms with Crippen molar-refractivity contribution >= 4 is 23.0 Å². The standard InChI is InChI=1S/C14H25NO7S/c1-12(2,3)20-10(16)14(8-7-9(14)22-23(18)19)15-11(17)21-13(4,5)6/h9,23H,7-8H2,1-6H3,(H,15,17)/t9?,14-/m0/s1. The summed E-state index contributed by atoms with van der Waals surface area (Å²) in [5.41, 5.74) is -3.12. The Balaban J connectivity index is 2.98. The maximum Gasteiger partial charge on any atom is 0.408 e. The maximum absolute atomic E-state index is 12.5. The lowest BCUT2D eigenvalue weighted by molar-refractivity contribution is -0.174. The molecule has 23 heavy (non-hydrogen) atoms. The van der Waals surface area contributed by atoms with Crippen LogP contribution in [0.4, 0.5) is 4.79 Å². The van der Waals surface area contributed by atoms with E-state index in [0.29, 0.717) is 6.42 Å². The summed E-state index contributed by atoms with van der Waals surface area (Å²) in [5.74, 6) is -0.746. The van der Waals surface area contributed by atoms with E-state index in [1.165, 1.54) is 0 Å². The summed E-state index contributed by atoms with van der Waals surface area (Å²) in [6.45, 7) is 10.1. The average Bonchev–Trinajstić information content (AvgIpc) is 2.26. The van der Waals surface area contributed by atoms with Crippen LogP contribution in [-0.2, 0) is 29.4 Å². The highest BCUT2D eigenvalue weighted by Crippen LogP contribution is 2.37. The lowest BCUT2D eigenvalue weighted by Gasteiger charge is -2.46. The topological polar surface area (TPSA) is 108 Å². The molecule has 0 aliphatic heterocycles. The van der Waals surface area contributed by atoms with Gasteiger partial charge in [0, 0.05) is 0 Å². The highest BCUT2D eigenvalue weighted by molar-refractivity contribution is 7.67. The van der Waals surface area contributed by atoms with Gasteiger partial charge in [-0.05, 0) is 54.4 Å². The van der Waals surface area contributed by atoms with Gasteiger partial charge in [0.25, 0.3) is 11.0 Å². The number of alkyl carbamates (subject to hydrolysis) is 1. The molecular weight excluding hydrogens is 326 g/mol. The molecule has 1 N–H and O–H groups in total. The molecule has 1 aliphatic carbocycles. The first-order valence-corrected chi connectivity index (χ1v) is 8.40. The number of hydrogen-bond acceptors (Lipinski definition) is 7. The van der Waals surface area contributed by atoms with Gasteiger partial charge in [0.1, 0.15) is 17.3 Å². The SMILES string of the molecule is CC(C)(C)OC(=O)N[C@@]1(C(=O)OC(C)(C)C)CCC1O[SH](=O)=O. The predicted molar refractivity (Wildman–Crippen MR) is 82.4 cm³/mol. The fourth-order valence-corrected chi connectivity index (χ4v) is 2.57. The second-order valence-electron chi connectivity index (χ2n) is 7.46. The Morgan fingerprint density at radius 1 is 1.04 bits per heavy atom. The molecule has 8 nitrogen and oxygen atoms in total. The van der Waals surface area contributed by atoms with Gasteiger partial charge >= 0.3 is 12.1 Å². The largest absolute Gasteiger partial charge is 0.458 e. The maximum atomic E-state index is 12.5. The van der Waals surface area contributed by atoms with Crippen LogP contribution >= 0.6 is 0 Å². The van der Waals surface area contributed by atoms with E-state index in [4.69, 9.17) is 13.7 Å². The molecule has 2 atom stereocenters. The van der Waals surface area contributed by atoms with Crippen LogP contribution < -0.4 is 5.32 Å². The Labute approximate surface area is 138 Å². The number of carbonyl (C=O) groups excluding carboxylic acids is 2. The van der Waals surface area contributed by atoms with E-state index in [1.807, 2.05) is 0 Å². The van der Waals surface area contributed by atoms with E-state index >= 15 is 0 Å². The van der Waals surface area contributed by atoms with Crippen LogP contribution in [0.25, 0.3) is 0 Å². The van der Waals surface area contributed by atoms with Crippen molar-refractivity contribution in [3.63, 3.8) is 0 Å². The molecule has 0 saturated heterocycles. The van der Waals surface area contributed by atoms with Gasteiger partial charge in [0.2, 0.25) is 0 Å². The third-order valence-electron chi connectivity index (χ3n) is 3.05. The first-order valence-electron chi connectivity index (χ1n) is 7.31. The lowest BCUT2D eigenvalue weighted by atomic mass is 9.73. The molecule has 1 amide bonds. The Morgan fingerprint density at radius 3 is 1.91 bits per heavy atom. The predicted octanol–water partition coefficient (Wildman–Crippen LogP) is 1.30. The van der Waals surface area contributed by atoms with Gasteiger partial charge in [0.15, 0.2) is 5.54 Å². The van der Waals surface area contributed by atoms with Crippen LogP contribution in [0, 0.1) is 0 Å². The summed E-state index contributed by atoms with van der Waals surface area (Å²) in [7, 11) is -3.16. The molecule has 0 radical (unpaired) electrons. The van der Waals surface area contributed by atoms with E-state index in [1.54, 1.807) is 41.5 Å². The minimum absolute atomic E-state index is 0.203.